The normalized spacial score (nSPS) is 15.7. The first-order chi connectivity index (χ1) is 15.3. The van der Waals surface area contributed by atoms with Crippen molar-refractivity contribution in [2.24, 2.45) is 0 Å². The second-order valence-corrected chi connectivity index (χ2v) is 8.03. The molecule has 0 spiro atoms. The van der Waals surface area contributed by atoms with Gasteiger partial charge in [0.25, 0.3) is 0 Å². The molecule has 0 radical (unpaired) electrons. The van der Waals surface area contributed by atoms with Crippen LogP contribution >= 0.6 is 11.6 Å². The topological polar surface area (TPSA) is 51.0 Å². The van der Waals surface area contributed by atoms with Crippen molar-refractivity contribution in [3.63, 3.8) is 0 Å². The Hall–Kier alpha value is -2.49. The first kappa shape index (κ1) is 22.7. The summed E-state index contributed by atoms with van der Waals surface area (Å²) < 4.78 is 52.7. The lowest BCUT2D eigenvalue weighted by atomic mass is 10.1. The fourth-order valence-electron chi connectivity index (χ4n) is 3.94. The highest BCUT2D eigenvalue weighted by Crippen LogP contribution is 2.37. The molecule has 172 valence electrons. The van der Waals surface area contributed by atoms with Crippen molar-refractivity contribution in [1.82, 2.24) is 19.6 Å². The number of imidazole rings is 1. The van der Waals surface area contributed by atoms with E-state index < -0.39 is 11.7 Å². The van der Waals surface area contributed by atoms with Gasteiger partial charge in [-0.2, -0.15) is 13.2 Å². The number of nitrogens with one attached hydrogen (secondary N) is 1. The molecule has 1 aliphatic rings. The van der Waals surface area contributed by atoms with Crippen LogP contribution in [0.4, 0.5) is 13.2 Å². The molecule has 1 fully saturated rings. The SMILES string of the molecule is COc1ccc(-c2nc3c(Cl)cc(C(F)(F)F)cn3c2CN2CCCNCC2)cc1OC. The number of aromatic nitrogens is 2. The first-order valence-electron chi connectivity index (χ1n) is 10.2. The highest BCUT2D eigenvalue weighted by molar-refractivity contribution is 6.33. The van der Waals surface area contributed by atoms with Crippen LogP contribution in [0.25, 0.3) is 16.9 Å². The number of alkyl halides is 3. The Balaban J connectivity index is 1.90. The van der Waals surface area contributed by atoms with E-state index in [1.807, 2.05) is 6.07 Å². The monoisotopic (exact) mass is 468 g/mol. The minimum atomic E-state index is -4.52. The van der Waals surface area contributed by atoms with Gasteiger partial charge in [0, 0.05) is 31.4 Å². The minimum Gasteiger partial charge on any atom is -0.493 e. The number of rotatable bonds is 5. The standard InChI is InChI=1S/C22H24ClF3N4O2/c1-31-18-5-4-14(10-19(18)32-2)20-17(13-29-8-3-6-27-7-9-29)30-12-15(22(24,25)26)11-16(23)21(30)28-20/h4-5,10-12,27H,3,6-9,13H2,1-2H3. The Morgan fingerprint density at radius 3 is 2.59 bits per heavy atom. The molecule has 1 aliphatic heterocycles. The smallest absolute Gasteiger partial charge is 0.417 e. The molecular weight excluding hydrogens is 445 g/mol. The van der Waals surface area contributed by atoms with Crippen LogP contribution in [-0.4, -0.2) is 54.7 Å². The molecule has 6 nitrogen and oxygen atoms in total. The zero-order valence-corrected chi connectivity index (χ0v) is 18.6. The van der Waals surface area contributed by atoms with Gasteiger partial charge in [0.1, 0.15) is 0 Å². The summed E-state index contributed by atoms with van der Waals surface area (Å²) in [6.07, 6.45) is -2.49. The molecule has 32 heavy (non-hydrogen) atoms. The van der Waals surface area contributed by atoms with Crippen molar-refractivity contribution in [1.29, 1.82) is 0 Å². The van der Waals surface area contributed by atoms with Crippen LogP contribution in [-0.2, 0) is 12.7 Å². The summed E-state index contributed by atoms with van der Waals surface area (Å²) in [5, 5.41) is 3.29. The van der Waals surface area contributed by atoms with E-state index in [-0.39, 0.29) is 10.7 Å². The fraction of sp³-hybridized carbons (Fsp3) is 0.409. The molecule has 4 rings (SSSR count). The number of hydrogen-bond acceptors (Lipinski definition) is 5. The third-order valence-electron chi connectivity index (χ3n) is 5.56. The van der Waals surface area contributed by atoms with E-state index in [9.17, 15) is 13.2 Å². The largest absolute Gasteiger partial charge is 0.493 e. The lowest BCUT2D eigenvalue weighted by Crippen LogP contribution is -2.28. The Kier molecular flexibility index (Phi) is 6.50. The molecule has 0 atom stereocenters. The van der Waals surface area contributed by atoms with Gasteiger partial charge < -0.3 is 19.2 Å². The number of pyridine rings is 1. The van der Waals surface area contributed by atoms with E-state index >= 15 is 0 Å². The average molecular weight is 469 g/mol. The minimum absolute atomic E-state index is 0.0506. The molecule has 10 heteroatoms. The third kappa shape index (κ3) is 4.51. The van der Waals surface area contributed by atoms with Crippen molar-refractivity contribution in [2.45, 2.75) is 19.1 Å². The lowest BCUT2D eigenvalue weighted by molar-refractivity contribution is -0.137. The van der Waals surface area contributed by atoms with Gasteiger partial charge in [0.15, 0.2) is 17.1 Å². The molecule has 0 bridgehead atoms. The zero-order chi connectivity index (χ0) is 22.9. The van der Waals surface area contributed by atoms with Crippen LogP contribution < -0.4 is 14.8 Å². The molecule has 0 aliphatic carbocycles. The second-order valence-electron chi connectivity index (χ2n) is 7.62. The summed E-state index contributed by atoms with van der Waals surface area (Å²) in [7, 11) is 3.07. The van der Waals surface area contributed by atoms with Gasteiger partial charge in [0.2, 0.25) is 0 Å². The number of fused-ring (bicyclic) bond motifs is 1. The summed E-state index contributed by atoms with van der Waals surface area (Å²) in [5.74, 6) is 1.06. The van der Waals surface area contributed by atoms with E-state index in [4.69, 9.17) is 21.1 Å². The molecular formula is C22H24ClF3N4O2. The van der Waals surface area contributed by atoms with Crippen LogP contribution in [0.15, 0.2) is 30.5 Å². The number of ether oxygens (including phenoxy) is 2. The van der Waals surface area contributed by atoms with E-state index in [1.165, 1.54) is 11.5 Å². The van der Waals surface area contributed by atoms with Gasteiger partial charge in [-0.3, -0.25) is 4.90 Å². The van der Waals surface area contributed by atoms with Crippen LogP contribution in [0.2, 0.25) is 5.02 Å². The van der Waals surface area contributed by atoms with Gasteiger partial charge in [-0.05, 0) is 43.8 Å². The summed E-state index contributed by atoms with van der Waals surface area (Å²) in [6.45, 7) is 3.78. The summed E-state index contributed by atoms with van der Waals surface area (Å²) in [5.41, 5.74) is 1.38. The predicted octanol–water partition coefficient (Wildman–Crippen LogP) is 4.49. The molecule has 3 heterocycles. The molecule has 3 aromatic rings. The number of benzene rings is 1. The number of hydrogen-bond donors (Lipinski definition) is 1. The molecule has 2 aromatic heterocycles. The van der Waals surface area contributed by atoms with Crippen molar-refractivity contribution in [3.8, 4) is 22.8 Å². The third-order valence-corrected chi connectivity index (χ3v) is 5.84. The second kappa shape index (κ2) is 9.17. The molecule has 0 saturated carbocycles. The molecule has 1 N–H and O–H groups in total. The van der Waals surface area contributed by atoms with E-state index in [0.717, 1.165) is 44.9 Å². The maximum absolute atomic E-state index is 13.5. The molecule has 1 aromatic carbocycles. The predicted molar refractivity (Wildman–Crippen MR) is 117 cm³/mol. The summed E-state index contributed by atoms with van der Waals surface area (Å²) in [4.78, 5) is 6.86. The molecule has 0 amide bonds. The quantitative estimate of drug-likeness (QED) is 0.598. The number of nitrogens with zero attached hydrogens (tertiary/aromatic N) is 3. The maximum Gasteiger partial charge on any atom is 0.417 e. The highest BCUT2D eigenvalue weighted by atomic mass is 35.5. The van der Waals surface area contributed by atoms with Crippen LogP contribution in [0.3, 0.4) is 0 Å². The highest BCUT2D eigenvalue weighted by Gasteiger charge is 2.33. The van der Waals surface area contributed by atoms with E-state index in [0.29, 0.717) is 35.0 Å². The van der Waals surface area contributed by atoms with Crippen molar-refractivity contribution >= 4 is 17.2 Å². The van der Waals surface area contributed by atoms with Gasteiger partial charge in [-0.25, -0.2) is 4.98 Å². The Labute approximate surface area is 188 Å². The summed E-state index contributed by atoms with van der Waals surface area (Å²) in [6, 6.07) is 6.25. The van der Waals surface area contributed by atoms with Gasteiger partial charge in [0.05, 0.1) is 36.2 Å². The maximum atomic E-state index is 13.5. The summed E-state index contributed by atoms with van der Waals surface area (Å²) >= 11 is 6.26. The number of halogens is 4. The first-order valence-corrected chi connectivity index (χ1v) is 10.6. The van der Waals surface area contributed by atoms with E-state index in [2.05, 4.69) is 15.2 Å². The fourth-order valence-corrected chi connectivity index (χ4v) is 4.19. The zero-order valence-electron chi connectivity index (χ0n) is 17.8. The van der Waals surface area contributed by atoms with Crippen molar-refractivity contribution < 1.29 is 22.6 Å². The van der Waals surface area contributed by atoms with Crippen LogP contribution in [0.5, 0.6) is 11.5 Å². The van der Waals surface area contributed by atoms with Crippen LogP contribution in [0.1, 0.15) is 17.7 Å². The average Bonchev–Trinajstić information content (AvgIpc) is 2.94. The van der Waals surface area contributed by atoms with E-state index in [1.54, 1.807) is 19.2 Å². The Morgan fingerprint density at radius 1 is 1.09 bits per heavy atom. The Morgan fingerprint density at radius 2 is 1.88 bits per heavy atom. The van der Waals surface area contributed by atoms with Gasteiger partial charge >= 0.3 is 6.18 Å². The Bertz CT molecular complexity index is 1110. The van der Waals surface area contributed by atoms with Gasteiger partial charge in [-0.1, -0.05) is 11.6 Å². The van der Waals surface area contributed by atoms with Crippen molar-refractivity contribution in [3.05, 3.63) is 46.7 Å². The lowest BCUT2D eigenvalue weighted by Gasteiger charge is -2.20. The molecule has 1 saturated heterocycles. The molecule has 0 unspecified atom stereocenters. The van der Waals surface area contributed by atoms with Crippen LogP contribution in [0, 0.1) is 0 Å². The van der Waals surface area contributed by atoms with Gasteiger partial charge in [-0.15, -0.1) is 0 Å². The number of methoxy groups -OCH3 is 2. The van der Waals surface area contributed by atoms with Crippen molar-refractivity contribution in [2.75, 3.05) is 40.4 Å².